The summed E-state index contributed by atoms with van der Waals surface area (Å²) in [6.07, 6.45) is 3.24. The number of allylic oxidation sites excluding steroid dienone is 2. The van der Waals surface area contributed by atoms with E-state index < -0.39 is 0 Å². The van der Waals surface area contributed by atoms with Gasteiger partial charge in [0.15, 0.2) is 0 Å². The van der Waals surface area contributed by atoms with Crippen LogP contribution in [0.3, 0.4) is 0 Å². The van der Waals surface area contributed by atoms with Crippen molar-refractivity contribution in [3.05, 3.63) is 83.4 Å². The molecule has 3 rings (SSSR count). The van der Waals surface area contributed by atoms with Crippen LogP contribution >= 0.6 is 0 Å². The standard InChI is InChI=1S/C19H19N/c1-15-13-18(20-2)19(14-15,16-9-5-3-6-10-16)17-11-7-4-8-12-17/h3-13H,14H2,1-2H3. The molecule has 1 heteroatoms. The Labute approximate surface area is 120 Å². The van der Waals surface area contributed by atoms with Crippen LogP contribution in [0.1, 0.15) is 24.5 Å². The van der Waals surface area contributed by atoms with Crippen LogP contribution in [0.5, 0.6) is 0 Å². The van der Waals surface area contributed by atoms with Gasteiger partial charge in [-0.1, -0.05) is 66.2 Å². The van der Waals surface area contributed by atoms with Gasteiger partial charge in [-0.2, -0.15) is 0 Å². The molecule has 0 amide bonds. The third-order valence-corrected chi connectivity index (χ3v) is 4.14. The van der Waals surface area contributed by atoms with Crippen molar-refractivity contribution < 1.29 is 0 Å². The van der Waals surface area contributed by atoms with Gasteiger partial charge in [0.1, 0.15) is 0 Å². The number of hydrogen-bond donors (Lipinski definition) is 0. The fourth-order valence-electron chi connectivity index (χ4n) is 3.28. The van der Waals surface area contributed by atoms with E-state index in [0.29, 0.717) is 0 Å². The zero-order valence-corrected chi connectivity index (χ0v) is 12.0. The predicted octanol–water partition coefficient (Wildman–Crippen LogP) is 4.39. The maximum Gasteiger partial charge on any atom is 0.0656 e. The molecule has 0 saturated carbocycles. The first kappa shape index (κ1) is 12.9. The molecule has 0 heterocycles. The van der Waals surface area contributed by atoms with E-state index in [1.807, 2.05) is 7.05 Å². The fraction of sp³-hybridized carbons (Fsp3) is 0.211. The van der Waals surface area contributed by atoms with Crippen molar-refractivity contribution in [1.29, 1.82) is 0 Å². The molecule has 20 heavy (non-hydrogen) atoms. The lowest BCUT2D eigenvalue weighted by Crippen LogP contribution is -2.33. The number of rotatable bonds is 2. The monoisotopic (exact) mass is 261 g/mol. The Kier molecular flexibility index (Phi) is 3.27. The van der Waals surface area contributed by atoms with E-state index in [9.17, 15) is 0 Å². The molecule has 1 aliphatic rings. The highest BCUT2D eigenvalue weighted by Crippen LogP contribution is 2.44. The van der Waals surface area contributed by atoms with Crippen molar-refractivity contribution in [1.82, 2.24) is 0 Å². The molecule has 0 atom stereocenters. The summed E-state index contributed by atoms with van der Waals surface area (Å²) in [5, 5.41) is 0. The van der Waals surface area contributed by atoms with Crippen molar-refractivity contribution in [2.75, 3.05) is 7.05 Å². The van der Waals surface area contributed by atoms with Crippen molar-refractivity contribution in [3.8, 4) is 0 Å². The van der Waals surface area contributed by atoms with Crippen LogP contribution in [0.4, 0.5) is 0 Å². The number of nitrogens with zero attached hydrogens (tertiary/aromatic N) is 1. The van der Waals surface area contributed by atoms with E-state index in [4.69, 9.17) is 0 Å². The van der Waals surface area contributed by atoms with Crippen LogP contribution in [-0.2, 0) is 5.41 Å². The second-order valence-corrected chi connectivity index (χ2v) is 5.41. The fourth-order valence-corrected chi connectivity index (χ4v) is 3.28. The van der Waals surface area contributed by atoms with Crippen molar-refractivity contribution >= 4 is 5.71 Å². The van der Waals surface area contributed by atoms with Crippen LogP contribution in [-0.4, -0.2) is 12.8 Å². The van der Waals surface area contributed by atoms with Crippen molar-refractivity contribution in [2.45, 2.75) is 18.8 Å². The van der Waals surface area contributed by atoms with Gasteiger partial charge in [0, 0.05) is 12.8 Å². The average Bonchev–Trinajstić information content (AvgIpc) is 2.87. The zero-order valence-electron chi connectivity index (χ0n) is 12.0. The van der Waals surface area contributed by atoms with Gasteiger partial charge in [-0.15, -0.1) is 0 Å². The molecule has 0 unspecified atom stereocenters. The molecular formula is C19H19N. The van der Waals surface area contributed by atoms with E-state index in [1.165, 1.54) is 16.7 Å². The van der Waals surface area contributed by atoms with Crippen LogP contribution in [0.25, 0.3) is 0 Å². The van der Waals surface area contributed by atoms with Crippen molar-refractivity contribution in [2.24, 2.45) is 4.99 Å². The lowest BCUT2D eigenvalue weighted by Gasteiger charge is -2.32. The van der Waals surface area contributed by atoms with Gasteiger partial charge in [0.25, 0.3) is 0 Å². The Hall–Kier alpha value is -2.15. The summed E-state index contributed by atoms with van der Waals surface area (Å²) >= 11 is 0. The van der Waals surface area contributed by atoms with Gasteiger partial charge >= 0.3 is 0 Å². The molecule has 0 N–H and O–H groups in total. The molecule has 100 valence electrons. The van der Waals surface area contributed by atoms with E-state index >= 15 is 0 Å². The van der Waals surface area contributed by atoms with E-state index in [0.717, 1.165) is 12.1 Å². The molecule has 2 aromatic carbocycles. The number of hydrogen-bond acceptors (Lipinski definition) is 1. The van der Waals surface area contributed by atoms with Crippen LogP contribution in [0, 0.1) is 0 Å². The lowest BCUT2D eigenvalue weighted by molar-refractivity contribution is 0.697. The maximum atomic E-state index is 4.58. The van der Waals surface area contributed by atoms with Gasteiger partial charge in [-0.25, -0.2) is 0 Å². The first-order chi connectivity index (χ1) is 9.77. The Morgan fingerprint density at radius 1 is 0.850 bits per heavy atom. The van der Waals surface area contributed by atoms with Crippen LogP contribution in [0.2, 0.25) is 0 Å². The molecule has 0 bridgehead atoms. The van der Waals surface area contributed by atoms with E-state index in [2.05, 4.69) is 78.7 Å². The summed E-state index contributed by atoms with van der Waals surface area (Å²) in [6, 6.07) is 21.4. The quantitative estimate of drug-likeness (QED) is 0.760. The number of benzene rings is 2. The Morgan fingerprint density at radius 2 is 1.35 bits per heavy atom. The smallest absolute Gasteiger partial charge is 0.0656 e. The molecule has 0 radical (unpaired) electrons. The maximum absolute atomic E-state index is 4.58. The molecule has 0 saturated heterocycles. The highest BCUT2D eigenvalue weighted by atomic mass is 14.7. The topological polar surface area (TPSA) is 12.4 Å². The van der Waals surface area contributed by atoms with Gasteiger partial charge < -0.3 is 0 Å². The molecule has 1 nitrogen and oxygen atoms in total. The highest BCUT2D eigenvalue weighted by molar-refractivity contribution is 6.09. The first-order valence-electron chi connectivity index (χ1n) is 7.03. The summed E-state index contributed by atoms with van der Waals surface area (Å²) < 4.78 is 0. The number of aliphatic imine (C=N–C) groups is 1. The third-order valence-electron chi connectivity index (χ3n) is 4.14. The van der Waals surface area contributed by atoms with E-state index in [-0.39, 0.29) is 5.41 Å². The molecule has 1 aliphatic carbocycles. The molecule has 0 spiro atoms. The largest absolute Gasteiger partial charge is 0.292 e. The average molecular weight is 261 g/mol. The Morgan fingerprint density at radius 3 is 1.80 bits per heavy atom. The minimum atomic E-state index is -0.124. The van der Waals surface area contributed by atoms with Gasteiger partial charge in [-0.3, -0.25) is 4.99 Å². The Balaban J connectivity index is 2.25. The van der Waals surface area contributed by atoms with Gasteiger partial charge in [-0.05, 0) is 30.5 Å². The van der Waals surface area contributed by atoms with Gasteiger partial charge in [0.2, 0.25) is 0 Å². The van der Waals surface area contributed by atoms with Crippen LogP contribution < -0.4 is 0 Å². The summed E-state index contributed by atoms with van der Waals surface area (Å²) in [5.74, 6) is 0. The predicted molar refractivity (Wildman–Crippen MR) is 85.4 cm³/mol. The minimum absolute atomic E-state index is 0.124. The summed E-state index contributed by atoms with van der Waals surface area (Å²) in [7, 11) is 1.89. The summed E-state index contributed by atoms with van der Waals surface area (Å²) in [6.45, 7) is 2.19. The second kappa shape index (κ2) is 5.09. The highest BCUT2D eigenvalue weighted by Gasteiger charge is 2.41. The zero-order chi connectivity index (χ0) is 14.0. The second-order valence-electron chi connectivity index (χ2n) is 5.41. The molecule has 2 aromatic rings. The Bertz CT molecular complexity index is 611. The third kappa shape index (κ3) is 1.90. The van der Waals surface area contributed by atoms with E-state index in [1.54, 1.807) is 0 Å². The van der Waals surface area contributed by atoms with Gasteiger partial charge in [0.05, 0.1) is 5.41 Å². The van der Waals surface area contributed by atoms with Crippen LogP contribution in [0.15, 0.2) is 77.3 Å². The summed E-state index contributed by atoms with van der Waals surface area (Å²) in [5.41, 5.74) is 5.06. The SMILES string of the molecule is CN=C1C=C(C)CC1(c1ccccc1)c1ccccc1. The minimum Gasteiger partial charge on any atom is -0.292 e. The molecule has 0 aromatic heterocycles. The normalized spacial score (nSPS) is 19.1. The lowest BCUT2D eigenvalue weighted by atomic mass is 9.71. The molecular weight excluding hydrogens is 242 g/mol. The first-order valence-corrected chi connectivity index (χ1v) is 7.03. The summed E-state index contributed by atoms with van der Waals surface area (Å²) in [4.78, 5) is 4.58. The van der Waals surface area contributed by atoms with Crippen molar-refractivity contribution in [3.63, 3.8) is 0 Å². The molecule has 0 fully saturated rings. The molecule has 0 aliphatic heterocycles.